The molecule has 1 amide bonds. The molecular formula is C22H21N3O4. The summed E-state index contributed by atoms with van der Waals surface area (Å²) in [7, 11) is 3.15. The number of hydrogen-bond donors (Lipinski definition) is 0. The van der Waals surface area contributed by atoms with Gasteiger partial charge in [-0.2, -0.15) is 5.01 Å². The number of pyridine rings is 1. The Kier molecular flexibility index (Phi) is 4.80. The molecule has 2 heterocycles. The fourth-order valence-electron chi connectivity index (χ4n) is 3.38. The molecule has 0 bridgehead atoms. The number of ether oxygens (including phenoxy) is 3. The highest BCUT2D eigenvalue weighted by atomic mass is 16.5. The highest BCUT2D eigenvalue weighted by Crippen LogP contribution is 2.38. The zero-order valence-electron chi connectivity index (χ0n) is 16.7. The van der Waals surface area contributed by atoms with Gasteiger partial charge in [0.1, 0.15) is 11.5 Å². The lowest BCUT2D eigenvalue weighted by atomic mass is 10.1. The standard InChI is InChI=1S/C22H21N3O4/c1-13-11-18(16-7-5-6-8-19(16)23-13)21-24-25(14(2)26)22(29-21)17-10-9-15(27-3)12-20(17)28-4/h5-12,22H,1-4H3/t22-/m1/s1. The molecule has 1 aliphatic heterocycles. The van der Waals surface area contributed by atoms with Gasteiger partial charge in [-0.15, -0.1) is 5.10 Å². The Labute approximate surface area is 168 Å². The molecule has 29 heavy (non-hydrogen) atoms. The van der Waals surface area contributed by atoms with Gasteiger partial charge >= 0.3 is 0 Å². The maximum atomic E-state index is 12.3. The van der Waals surface area contributed by atoms with Gasteiger partial charge in [-0.3, -0.25) is 9.78 Å². The summed E-state index contributed by atoms with van der Waals surface area (Å²) in [4.78, 5) is 16.9. The minimum absolute atomic E-state index is 0.238. The van der Waals surface area contributed by atoms with E-state index in [2.05, 4.69) is 10.1 Å². The van der Waals surface area contributed by atoms with Crippen LogP contribution in [0.15, 0.2) is 53.6 Å². The molecule has 0 saturated carbocycles. The van der Waals surface area contributed by atoms with Crippen molar-refractivity contribution in [1.29, 1.82) is 0 Å². The van der Waals surface area contributed by atoms with Gasteiger partial charge in [-0.1, -0.05) is 18.2 Å². The van der Waals surface area contributed by atoms with Crippen LogP contribution in [0.2, 0.25) is 0 Å². The quantitative estimate of drug-likeness (QED) is 0.676. The normalized spacial score (nSPS) is 15.8. The molecule has 7 heteroatoms. The first-order valence-electron chi connectivity index (χ1n) is 9.15. The van der Waals surface area contributed by atoms with E-state index < -0.39 is 6.23 Å². The molecule has 0 N–H and O–H groups in total. The van der Waals surface area contributed by atoms with Crippen LogP contribution in [0.4, 0.5) is 0 Å². The van der Waals surface area contributed by atoms with Gasteiger partial charge in [-0.25, -0.2) is 0 Å². The zero-order chi connectivity index (χ0) is 20.5. The molecule has 0 saturated heterocycles. The maximum absolute atomic E-state index is 12.3. The average molecular weight is 391 g/mol. The molecule has 148 valence electrons. The molecule has 0 unspecified atom stereocenters. The number of methoxy groups -OCH3 is 2. The number of nitrogens with zero attached hydrogens (tertiary/aromatic N) is 3. The highest BCUT2D eigenvalue weighted by Gasteiger charge is 2.35. The second-order valence-electron chi connectivity index (χ2n) is 6.68. The van der Waals surface area contributed by atoms with Crippen LogP contribution in [-0.2, 0) is 9.53 Å². The summed E-state index contributed by atoms with van der Waals surface area (Å²) in [6, 6.07) is 15.0. The number of aryl methyl sites for hydroxylation is 1. The smallest absolute Gasteiger partial charge is 0.243 e. The largest absolute Gasteiger partial charge is 0.497 e. The number of carbonyl (C=O) groups is 1. The van der Waals surface area contributed by atoms with Crippen LogP contribution in [0.5, 0.6) is 11.5 Å². The predicted molar refractivity (Wildman–Crippen MR) is 109 cm³/mol. The predicted octanol–water partition coefficient (Wildman–Crippen LogP) is 3.80. The van der Waals surface area contributed by atoms with E-state index in [0.29, 0.717) is 23.0 Å². The molecule has 0 fully saturated rings. The fraction of sp³-hybridized carbons (Fsp3) is 0.227. The van der Waals surface area contributed by atoms with Crippen molar-refractivity contribution in [1.82, 2.24) is 9.99 Å². The lowest BCUT2D eigenvalue weighted by Crippen LogP contribution is -2.25. The lowest BCUT2D eigenvalue weighted by molar-refractivity contribution is -0.135. The number of amides is 1. The van der Waals surface area contributed by atoms with Gasteiger partial charge in [0.2, 0.25) is 18.0 Å². The Morgan fingerprint density at radius 2 is 1.90 bits per heavy atom. The third kappa shape index (κ3) is 3.35. The van der Waals surface area contributed by atoms with Gasteiger partial charge in [0, 0.05) is 29.6 Å². The molecule has 0 spiro atoms. The maximum Gasteiger partial charge on any atom is 0.243 e. The number of fused-ring (bicyclic) bond motifs is 1. The van der Waals surface area contributed by atoms with Crippen molar-refractivity contribution >= 4 is 22.7 Å². The first-order valence-corrected chi connectivity index (χ1v) is 9.15. The zero-order valence-corrected chi connectivity index (χ0v) is 16.7. The van der Waals surface area contributed by atoms with Crippen molar-refractivity contribution < 1.29 is 19.0 Å². The summed E-state index contributed by atoms with van der Waals surface area (Å²) in [5.74, 6) is 1.32. The van der Waals surface area contributed by atoms with E-state index in [1.54, 1.807) is 26.4 Å². The van der Waals surface area contributed by atoms with Crippen LogP contribution in [0.3, 0.4) is 0 Å². The fourth-order valence-corrected chi connectivity index (χ4v) is 3.38. The number of benzene rings is 2. The summed E-state index contributed by atoms with van der Waals surface area (Å²) in [5.41, 5.74) is 3.14. The van der Waals surface area contributed by atoms with Crippen molar-refractivity contribution in [2.24, 2.45) is 5.10 Å². The molecule has 0 aliphatic carbocycles. The van der Waals surface area contributed by atoms with Crippen LogP contribution < -0.4 is 9.47 Å². The topological polar surface area (TPSA) is 73.3 Å². The second kappa shape index (κ2) is 7.43. The molecule has 3 aromatic rings. The molecule has 4 rings (SSSR count). The van der Waals surface area contributed by atoms with Gasteiger partial charge in [0.05, 0.1) is 25.3 Å². The van der Waals surface area contributed by atoms with Crippen LogP contribution in [-0.4, -0.2) is 36.0 Å². The van der Waals surface area contributed by atoms with Crippen molar-refractivity contribution in [3.8, 4) is 11.5 Å². The van der Waals surface area contributed by atoms with E-state index in [-0.39, 0.29) is 5.91 Å². The molecule has 2 aromatic carbocycles. The summed E-state index contributed by atoms with van der Waals surface area (Å²) in [5, 5.41) is 6.72. The number of para-hydroxylation sites is 1. The summed E-state index contributed by atoms with van der Waals surface area (Å²) >= 11 is 0. The summed E-state index contributed by atoms with van der Waals surface area (Å²) in [6.07, 6.45) is -0.740. The van der Waals surface area contributed by atoms with Crippen LogP contribution in [0.25, 0.3) is 10.9 Å². The molecular weight excluding hydrogens is 370 g/mol. The van der Waals surface area contributed by atoms with E-state index in [9.17, 15) is 4.79 Å². The third-order valence-corrected chi connectivity index (χ3v) is 4.75. The number of rotatable bonds is 4. The van der Waals surface area contributed by atoms with Crippen LogP contribution in [0, 0.1) is 6.92 Å². The molecule has 1 atom stereocenters. The summed E-state index contributed by atoms with van der Waals surface area (Å²) in [6.45, 7) is 3.37. The minimum Gasteiger partial charge on any atom is -0.497 e. The number of aromatic nitrogens is 1. The number of carbonyl (C=O) groups excluding carboxylic acids is 1. The summed E-state index contributed by atoms with van der Waals surface area (Å²) < 4.78 is 17.0. The van der Waals surface area contributed by atoms with E-state index >= 15 is 0 Å². The van der Waals surface area contributed by atoms with Gasteiger partial charge in [-0.05, 0) is 31.2 Å². The van der Waals surface area contributed by atoms with Gasteiger partial charge < -0.3 is 14.2 Å². The molecule has 0 radical (unpaired) electrons. The molecule has 7 nitrogen and oxygen atoms in total. The monoisotopic (exact) mass is 391 g/mol. The average Bonchev–Trinajstić information content (AvgIpc) is 3.18. The Morgan fingerprint density at radius 1 is 1.10 bits per heavy atom. The second-order valence-corrected chi connectivity index (χ2v) is 6.68. The minimum atomic E-state index is -0.740. The van der Waals surface area contributed by atoms with E-state index in [0.717, 1.165) is 22.2 Å². The molecule has 1 aromatic heterocycles. The SMILES string of the molecule is COc1ccc([C@H]2OC(c3cc(C)nc4ccccc34)=NN2C(C)=O)c(OC)c1. The van der Waals surface area contributed by atoms with Crippen molar-refractivity contribution in [2.45, 2.75) is 20.1 Å². The van der Waals surface area contributed by atoms with Gasteiger partial charge in [0.25, 0.3) is 0 Å². The Morgan fingerprint density at radius 3 is 2.62 bits per heavy atom. The van der Waals surface area contributed by atoms with E-state index in [4.69, 9.17) is 14.2 Å². The lowest BCUT2D eigenvalue weighted by Gasteiger charge is -2.21. The van der Waals surface area contributed by atoms with Gasteiger partial charge in [0.15, 0.2) is 0 Å². The first kappa shape index (κ1) is 18.7. The molecule has 1 aliphatic rings. The van der Waals surface area contributed by atoms with Crippen LogP contribution in [0.1, 0.15) is 30.0 Å². The third-order valence-electron chi connectivity index (χ3n) is 4.75. The Bertz CT molecular complexity index is 1130. The van der Waals surface area contributed by atoms with Crippen molar-refractivity contribution in [3.63, 3.8) is 0 Å². The highest BCUT2D eigenvalue weighted by molar-refractivity contribution is 6.07. The van der Waals surface area contributed by atoms with Crippen molar-refractivity contribution in [3.05, 3.63) is 65.4 Å². The Hall–Kier alpha value is -3.61. The number of hydrogen-bond acceptors (Lipinski definition) is 6. The first-order chi connectivity index (χ1) is 14.0. The number of hydrazone groups is 1. The van der Waals surface area contributed by atoms with Crippen LogP contribution >= 0.6 is 0 Å². The van der Waals surface area contributed by atoms with E-state index in [1.165, 1.54) is 11.9 Å². The van der Waals surface area contributed by atoms with Crippen molar-refractivity contribution in [2.75, 3.05) is 14.2 Å². The Balaban J connectivity index is 1.80. The van der Waals surface area contributed by atoms with E-state index in [1.807, 2.05) is 43.3 Å².